The van der Waals surface area contributed by atoms with Crippen molar-refractivity contribution in [3.8, 4) is 0 Å². The summed E-state index contributed by atoms with van der Waals surface area (Å²) in [5.41, 5.74) is 8.29. The zero-order valence-corrected chi connectivity index (χ0v) is 12.7. The van der Waals surface area contributed by atoms with E-state index in [0.717, 1.165) is 16.9 Å². The molecule has 2 N–H and O–H groups in total. The van der Waals surface area contributed by atoms with Gasteiger partial charge in [-0.25, -0.2) is 4.98 Å². The van der Waals surface area contributed by atoms with Crippen LogP contribution in [0.25, 0.3) is 11.0 Å². The lowest BCUT2D eigenvalue weighted by Gasteiger charge is -2.21. The minimum Gasteiger partial charge on any atom is -0.399 e. The van der Waals surface area contributed by atoms with Gasteiger partial charge >= 0.3 is 0 Å². The van der Waals surface area contributed by atoms with E-state index in [1.807, 2.05) is 29.7 Å². The summed E-state index contributed by atoms with van der Waals surface area (Å²) < 4.78 is 2.02. The minimum absolute atomic E-state index is 0.0584. The molecule has 0 bridgehead atoms. The van der Waals surface area contributed by atoms with Gasteiger partial charge in [0.15, 0.2) is 0 Å². The number of nitrogens with two attached hydrogens (primary N) is 1. The second-order valence-corrected chi connectivity index (χ2v) is 5.65. The number of benzene rings is 1. The summed E-state index contributed by atoms with van der Waals surface area (Å²) in [5.74, 6) is 1.21. The Morgan fingerprint density at radius 2 is 1.95 bits per heavy atom. The minimum atomic E-state index is -0.281. The molecular formula is C15H22N4O. The van der Waals surface area contributed by atoms with Gasteiger partial charge in [0.1, 0.15) is 11.9 Å². The fourth-order valence-electron chi connectivity index (χ4n) is 2.43. The predicted octanol–water partition coefficient (Wildman–Crippen LogP) is 2.39. The lowest BCUT2D eigenvalue weighted by molar-refractivity contribution is -0.131. The quantitative estimate of drug-likeness (QED) is 0.874. The van der Waals surface area contributed by atoms with E-state index in [9.17, 15) is 4.79 Å². The zero-order chi connectivity index (χ0) is 15.0. The van der Waals surface area contributed by atoms with Crippen molar-refractivity contribution in [2.45, 2.75) is 32.7 Å². The van der Waals surface area contributed by atoms with Crippen molar-refractivity contribution in [2.75, 3.05) is 19.8 Å². The molecule has 0 saturated heterocycles. The Labute approximate surface area is 119 Å². The molecule has 1 amide bonds. The normalized spacial score (nSPS) is 12.9. The number of hydrogen-bond acceptors (Lipinski definition) is 3. The van der Waals surface area contributed by atoms with Gasteiger partial charge in [0, 0.05) is 25.7 Å². The fraction of sp³-hybridized carbons (Fsp3) is 0.467. The van der Waals surface area contributed by atoms with Crippen LogP contribution in [-0.4, -0.2) is 34.5 Å². The highest BCUT2D eigenvalue weighted by molar-refractivity contribution is 5.85. The standard InChI is InChI=1S/C15H22N4O/c1-9(2)14-17-12-8-11(16)6-7-13(12)19(14)10(3)15(20)18(4)5/h6-10H,16H2,1-5H3. The Kier molecular flexibility index (Phi) is 3.70. The van der Waals surface area contributed by atoms with Gasteiger partial charge in [-0.05, 0) is 25.1 Å². The highest BCUT2D eigenvalue weighted by atomic mass is 16.2. The monoisotopic (exact) mass is 274 g/mol. The third-order valence-electron chi connectivity index (χ3n) is 3.44. The number of nitrogen functional groups attached to an aromatic ring is 1. The first kappa shape index (κ1) is 14.4. The van der Waals surface area contributed by atoms with Crippen LogP contribution in [-0.2, 0) is 4.79 Å². The van der Waals surface area contributed by atoms with Gasteiger partial charge in [0.05, 0.1) is 11.0 Å². The highest BCUT2D eigenvalue weighted by Crippen LogP contribution is 2.27. The number of nitrogens with zero attached hydrogens (tertiary/aromatic N) is 3. The van der Waals surface area contributed by atoms with Crippen LogP contribution in [0, 0.1) is 0 Å². The van der Waals surface area contributed by atoms with Crippen LogP contribution in [0.15, 0.2) is 18.2 Å². The molecule has 1 atom stereocenters. The summed E-state index contributed by atoms with van der Waals surface area (Å²) in [5, 5.41) is 0. The molecule has 20 heavy (non-hydrogen) atoms. The van der Waals surface area contributed by atoms with Crippen molar-refractivity contribution in [3.63, 3.8) is 0 Å². The zero-order valence-electron chi connectivity index (χ0n) is 12.7. The molecule has 0 radical (unpaired) electrons. The molecule has 0 aliphatic carbocycles. The summed E-state index contributed by atoms with van der Waals surface area (Å²) in [6.45, 7) is 6.06. The molecule has 0 spiro atoms. The van der Waals surface area contributed by atoms with Gasteiger partial charge in [0.2, 0.25) is 5.91 Å². The average molecular weight is 274 g/mol. The molecule has 2 aromatic rings. The largest absolute Gasteiger partial charge is 0.399 e. The average Bonchev–Trinajstić information content (AvgIpc) is 2.75. The third-order valence-corrected chi connectivity index (χ3v) is 3.44. The van der Waals surface area contributed by atoms with E-state index in [1.165, 1.54) is 0 Å². The first-order valence-electron chi connectivity index (χ1n) is 6.81. The van der Waals surface area contributed by atoms with Gasteiger partial charge in [-0.1, -0.05) is 13.8 Å². The van der Waals surface area contributed by atoms with Gasteiger partial charge in [-0.2, -0.15) is 0 Å². The van der Waals surface area contributed by atoms with Crippen molar-refractivity contribution in [2.24, 2.45) is 0 Å². The van der Waals surface area contributed by atoms with Gasteiger partial charge in [0.25, 0.3) is 0 Å². The number of carbonyl (C=O) groups excluding carboxylic acids is 1. The van der Waals surface area contributed by atoms with E-state index in [-0.39, 0.29) is 17.9 Å². The molecule has 1 heterocycles. The molecule has 1 aromatic heterocycles. The number of anilines is 1. The maximum Gasteiger partial charge on any atom is 0.244 e. The second kappa shape index (κ2) is 5.15. The van der Waals surface area contributed by atoms with E-state index < -0.39 is 0 Å². The number of likely N-dealkylation sites (N-methyl/N-ethyl adjacent to an activating group) is 1. The Bertz CT molecular complexity index is 643. The molecule has 0 saturated carbocycles. The van der Waals surface area contributed by atoms with E-state index in [4.69, 9.17) is 5.73 Å². The number of fused-ring (bicyclic) bond motifs is 1. The van der Waals surface area contributed by atoms with Gasteiger partial charge < -0.3 is 15.2 Å². The first-order chi connectivity index (χ1) is 9.32. The molecule has 0 aliphatic rings. The smallest absolute Gasteiger partial charge is 0.244 e. The number of rotatable bonds is 3. The third kappa shape index (κ3) is 2.35. The molecule has 5 nitrogen and oxygen atoms in total. The van der Waals surface area contributed by atoms with Gasteiger partial charge in [-0.15, -0.1) is 0 Å². The van der Waals surface area contributed by atoms with Crippen LogP contribution in [0.3, 0.4) is 0 Å². The molecule has 1 aromatic carbocycles. The van der Waals surface area contributed by atoms with Crippen molar-refractivity contribution >= 4 is 22.6 Å². The number of imidazole rings is 1. The summed E-state index contributed by atoms with van der Waals surface area (Å²) in [6, 6.07) is 5.35. The number of aromatic nitrogens is 2. The lowest BCUT2D eigenvalue weighted by Crippen LogP contribution is -2.30. The SMILES string of the molecule is CC(C)c1nc2cc(N)ccc2n1C(C)C(=O)N(C)C. The van der Waals surface area contributed by atoms with Crippen molar-refractivity contribution in [1.82, 2.24) is 14.5 Å². The summed E-state index contributed by atoms with van der Waals surface area (Å²) in [6.07, 6.45) is 0. The van der Waals surface area contributed by atoms with Crippen LogP contribution in [0.5, 0.6) is 0 Å². The topological polar surface area (TPSA) is 64.1 Å². The van der Waals surface area contributed by atoms with Crippen LogP contribution in [0.4, 0.5) is 5.69 Å². The molecule has 2 rings (SSSR count). The number of hydrogen-bond donors (Lipinski definition) is 1. The number of amides is 1. The predicted molar refractivity (Wildman–Crippen MR) is 81.6 cm³/mol. The van der Waals surface area contributed by atoms with Crippen LogP contribution in [0.2, 0.25) is 0 Å². The Morgan fingerprint density at radius 1 is 1.30 bits per heavy atom. The molecule has 1 unspecified atom stereocenters. The van der Waals surface area contributed by atoms with Crippen molar-refractivity contribution in [1.29, 1.82) is 0 Å². The number of carbonyl (C=O) groups is 1. The summed E-state index contributed by atoms with van der Waals surface area (Å²) >= 11 is 0. The maximum atomic E-state index is 12.3. The van der Waals surface area contributed by atoms with Crippen molar-refractivity contribution in [3.05, 3.63) is 24.0 Å². The second-order valence-electron chi connectivity index (χ2n) is 5.65. The summed E-state index contributed by atoms with van der Waals surface area (Å²) in [7, 11) is 3.54. The maximum absolute atomic E-state index is 12.3. The fourth-order valence-corrected chi connectivity index (χ4v) is 2.43. The van der Waals surface area contributed by atoms with Crippen molar-refractivity contribution < 1.29 is 4.79 Å². The van der Waals surface area contributed by atoms with E-state index in [2.05, 4.69) is 18.8 Å². The Hall–Kier alpha value is -2.04. The van der Waals surface area contributed by atoms with E-state index in [0.29, 0.717) is 5.69 Å². The van der Waals surface area contributed by atoms with Gasteiger partial charge in [-0.3, -0.25) is 4.79 Å². The first-order valence-corrected chi connectivity index (χ1v) is 6.81. The van der Waals surface area contributed by atoms with E-state index in [1.54, 1.807) is 19.0 Å². The van der Waals surface area contributed by atoms with E-state index >= 15 is 0 Å². The summed E-state index contributed by atoms with van der Waals surface area (Å²) in [4.78, 5) is 18.5. The van der Waals surface area contributed by atoms with Crippen LogP contribution in [0.1, 0.15) is 38.6 Å². The van der Waals surface area contributed by atoms with Crippen LogP contribution >= 0.6 is 0 Å². The lowest BCUT2D eigenvalue weighted by atomic mass is 10.2. The molecule has 108 valence electrons. The highest BCUT2D eigenvalue weighted by Gasteiger charge is 2.23. The Morgan fingerprint density at radius 3 is 2.50 bits per heavy atom. The molecule has 5 heteroatoms. The molecular weight excluding hydrogens is 252 g/mol. The Balaban J connectivity index is 2.66. The molecule has 0 aliphatic heterocycles. The van der Waals surface area contributed by atoms with Crippen LogP contribution < -0.4 is 5.73 Å². The molecule has 0 fully saturated rings.